The summed E-state index contributed by atoms with van der Waals surface area (Å²) in [6.45, 7) is 2.82. The zero-order chi connectivity index (χ0) is 10.1. The zero-order valence-corrected chi connectivity index (χ0v) is 8.97. The summed E-state index contributed by atoms with van der Waals surface area (Å²) in [4.78, 5) is 4.20. The summed E-state index contributed by atoms with van der Waals surface area (Å²) in [7, 11) is 1.93. The summed E-state index contributed by atoms with van der Waals surface area (Å²) in [5, 5.41) is 3.63. The van der Waals surface area contributed by atoms with Gasteiger partial charge in [-0.15, -0.1) is 0 Å². The van der Waals surface area contributed by atoms with Crippen molar-refractivity contribution in [3.8, 4) is 0 Å². The summed E-state index contributed by atoms with van der Waals surface area (Å²) < 4.78 is 1.88. The number of hydrogen-bond donors (Lipinski definition) is 1. The van der Waals surface area contributed by atoms with Crippen molar-refractivity contribution in [2.45, 2.75) is 13.5 Å². The molecule has 0 bridgehead atoms. The highest BCUT2D eigenvalue weighted by atomic mass is 35.5. The van der Waals surface area contributed by atoms with Crippen LogP contribution in [0, 0.1) is 6.92 Å². The fourth-order valence-electron chi connectivity index (χ4n) is 1.55. The molecule has 2 rings (SSSR count). The quantitative estimate of drug-likeness (QED) is 0.820. The van der Waals surface area contributed by atoms with E-state index in [1.807, 2.05) is 30.6 Å². The Morgan fingerprint density at radius 2 is 2.36 bits per heavy atom. The summed E-state index contributed by atoms with van der Waals surface area (Å²) in [5.41, 5.74) is 3.27. The lowest BCUT2D eigenvalue weighted by molar-refractivity contribution is 0.816. The van der Waals surface area contributed by atoms with Gasteiger partial charge in [-0.2, -0.15) is 0 Å². The lowest BCUT2D eigenvalue weighted by atomic mass is 10.2. The fourth-order valence-corrected chi connectivity index (χ4v) is 1.82. The lowest BCUT2D eigenvalue weighted by Gasteiger charge is -2.01. The second-order valence-corrected chi connectivity index (χ2v) is 3.62. The molecule has 0 radical (unpaired) electrons. The van der Waals surface area contributed by atoms with Gasteiger partial charge < -0.3 is 5.32 Å². The summed E-state index contributed by atoms with van der Waals surface area (Å²) in [6.07, 6.45) is 1.95. The highest BCUT2D eigenvalue weighted by Gasteiger charge is 2.05. The molecule has 0 aliphatic heterocycles. The van der Waals surface area contributed by atoms with E-state index in [0.29, 0.717) is 5.28 Å². The summed E-state index contributed by atoms with van der Waals surface area (Å²) in [5.74, 6) is 0. The first kappa shape index (κ1) is 9.49. The van der Waals surface area contributed by atoms with Gasteiger partial charge in [-0.3, -0.25) is 4.40 Å². The van der Waals surface area contributed by atoms with Crippen molar-refractivity contribution < 1.29 is 0 Å². The number of aryl methyl sites for hydroxylation is 1. The summed E-state index contributed by atoms with van der Waals surface area (Å²) >= 11 is 5.94. The van der Waals surface area contributed by atoms with Crippen molar-refractivity contribution in [3.63, 3.8) is 0 Å². The highest BCUT2D eigenvalue weighted by molar-refractivity contribution is 6.28. The van der Waals surface area contributed by atoms with Gasteiger partial charge >= 0.3 is 0 Å². The maximum absolute atomic E-state index is 5.94. The van der Waals surface area contributed by atoms with Crippen LogP contribution in [-0.2, 0) is 6.54 Å². The minimum atomic E-state index is 0.522. The number of nitrogens with one attached hydrogen (secondary N) is 1. The predicted octanol–water partition coefficient (Wildman–Crippen LogP) is 2.02. The SMILES string of the molecule is CNCc1ccn2c(Cl)nc(C)c2c1. The van der Waals surface area contributed by atoms with Crippen LogP contribution < -0.4 is 5.32 Å². The van der Waals surface area contributed by atoms with Crippen LogP contribution in [0.25, 0.3) is 5.52 Å². The average molecular weight is 210 g/mol. The standard InChI is InChI=1S/C10H12ClN3/c1-7-9-5-8(6-12-2)3-4-14(9)10(11)13-7/h3-5,12H,6H2,1-2H3. The lowest BCUT2D eigenvalue weighted by Crippen LogP contribution is -2.05. The molecule has 4 heteroatoms. The molecule has 1 N–H and O–H groups in total. The van der Waals surface area contributed by atoms with E-state index in [4.69, 9.17) is 11.6 Å². The molecule has 14 heavy (non-hydrogen) atoms. The molecule has 0 amide bonds. The van der Waals surface area contributed by atoms with E-state index in [2.05, 4.69) is 16.4 Å². The predicted molar refractivity (Wildman–Crippen MR) is 57.7 cm³/mol. The van der Waals surface area contributed by atoms with E-state index >= 15 is 0 Å². The summed E-state index contributed by atoms with van der Waals surface area (Å²) in [6, 6.07) is 4.14. The maximum atomic E-state index is 5.94. The Balaban J connectivity index is 2.59. The van der Waals surface area contributed by atoms with Crippen LogP contribution in [0.1, 0.15) is 11.3 Å². The molecule has 0 saturated carbocycles. The minimum Gasteiger partial charge on any atom is -0.316 e. The van der Waals surface area contributed by atoms with E-state index in [9.17, 15) is 0 Å². The van der Waals surface area contributed by atoms with E-state index in [-0.39, 0.29) is 0 Å². The van der Waals surface area contributed by atoms with E-state index in [1.54, 1.807) is 0 Å². The van der Waals surface area contributed by atoms with Crippen LogP contribution in [0.15, 0.2) is 18.3 Å². The number of rotatable bonds is 2. The Bertz CT molecular complexity index is 462. The molecule has 0 aromatic carbocycles. The van der Waals surface area contributed by atoms with Gasteiger partial charge in [0.25, 0.3) is 0 Å². The molecular weight excluding hydrogens is 198 g/mol. The van der Waals surface area contributed by atoms with Gasteiger partial charge in [0.05, 0.1) is 11.2 Å². The molecule has 2 aromatic heterocycles. The van der Waals surface area contributed by atoms with Gasteiger partial charge in [0.2, 0.25) is 5.28 Å². The number of nitrogens with zero attached hydrogens (tertiary/aromatic N) is 2. The minimum absolute atomic E-state index is 0.522. The Hall–Kier alpha value is -1.06. The average Bonchev–Trinajstić information content (AvgIpc) is 2.43. The molecule has 0 unspecified atom stereocenters. The van der Waals surface area contributed by atoms with Gasteiger partial charge in [0.15, 0.2) is 0 Å². The van der Waals surface area contributed by atoms with Crippen LogP contribution in [0.5, 0.6) is 0 Å². The van der Waals surface area contributed by atoms with Gasteiger partial charge in [0.1, 0.15) is 0 Å². The smallest absolute Gasteiger partial charge is 0.207 e. The molecule has 2 heterocycles. The number of halogens is 1. The Labute approximate surface area is 87.7 Å². The van der Waals surface area contributed by atoms with Crippen molar-refractivity contribution in [3.05, 3.63) is 34.9 Å². The monoisotopic (exact) mass is 209 g/mol. The van der Waals surface area contributed by atoms with E-state index in [1.165, 1.54) is 5.56 Å². The molecule has 0 aliphatic carbocycles. The maximum Gasteiger partial charge on any atom is 0.207 e. The zero-order valence-electron chi connectivity index (χ0n) is 8.21. The molecule has 0 fully saturated rings. The van der Waals surface area contributed by atoms with Gasteiger partial charge in [0, 0.05) is 12.7 Å². The van der Waals surface area contributed by atoms with Crippen LogP contribution in [-0.4, -0.2) is 16.4 Å². The molecule has 0 saturated heterocycles. The second-order valence-electron chi connectivity index (χ2n) is 3.29. The van der Waals surface area contributed by atoms with Crippen LogP contribution in [0.3, 0.4) is 0 Å². The molecule has 0 spiro atoms. The van der Waals surface area contributed by atoms with Crippen molar-refractivity contribution in [1.29, 1.82) is 0 Å². The number of hydrogen-bond acceptors (Lipinski definition) is 2. The molecule has 3 nitrogen and oxygen atoms in total. The third-order valence-electron chi connectivity index (χ3n) is 2.23. The Kier molecular flexibility index (Phi) is 2.44. The van der Waals surface area contributed by atoms with Gasteiger partial charge in [-0.1, -0.05) is 0 Å². The van der Waals surface area contributed by atoms with Gasteiger partial charge in [-0.05, 0) is 43.3 Å². The number of aromatic nitrogens is 2. The van der Waals surface area contributed by atoms with Crippen LogP contribution in [0.2, 0.25) is 5.28 Å². The third kappa shape index (κ3) is 1.49. The van der Waals surface area contributed by atoms with Crippen molar-refractivity contribution >= 4 is 17.1 Å². The number of imidazole rings is 1. The van der Waals surface area contributed by atoms with Crippen LogP contribution >= 0.6 is 11.6 Å². The van der Waals surface area contributed by atoms with Crippen molar-refractivity contribution in [2.75, 3.05) is 7.05 Å². The Morgan fingerprint density at radius 3 is 3.07 bits per heavy atom. The van der Waals surface area contributed by atoms with E-state index < -0.39 is 0 Å². The highest BCUT2D eigenvalue weighted by Crippen LogP contribution is 2.17. The fraction of sp³-hybridized carbons (Fsp3) is 0.300. The first-order chi connectivity index (χ1) is 6.72. The first-order valence-corrected chi connectivity index (χ1v) is 4.88. The normalized spacial score (nSPS) is 11.1. The van der Waals surface area contributed by atoms with Gasteiger partial charge in [-0.25, -0.2) is 4.98 Å². The topological polar surface area (TPSA) is 29.3 Å². The largest absolute Gasteiger partial charge is 0.316 e. The number of fused-ring (bicyclic) bond motifs is 1. The van der Waals surface area contributed by atoms with Crippen molar-refractivity contribution in [2.24, 2.45) is 0 Å². The first-order valence-electron chi connectivity index (χ1n) is 4.50. The molecule has 0 atom stereocenters. The molecular formula is C10H12ClN3. The van der Waals surface area contributed by atoms with E-state index in [0.717, 1.165) is 17.8 Å². The second kappa shape index (κ2) is 3.59. The number of pyridine rings is 1. The Morgan fingerprint density at radius 1 is 1.57 bits per heavy atom. The van der Waals surface area contributed by atoms with Crippen molar-refractivity contribution in [1.82, 2.24) is 14.7 Å². The molecule has 74 valence electrons. The molecule has 0 aliphatic rings. The third-order valence-corrected chi connectivity index (χ3v) is 2.50. The van der Waals surface area contributed by atoms with Crippen LogP contribution in [0.4, 0.5) is 0 Å². The molecule has 2 aromatic rings.